The van der Waals surface area contributed by atoms with E-state index in [2.05, 4.69) is 43.5 Å². The summed E-state index contributed by atoms with van der Waals surface area (Å²) in [4.78, 5) is 24.6. The van der Waals surface area contributed by atoms with Crippen LogP contribution in [-0.4, -0.2) is 47.4 Å². The van der Waals surface area contributed by atoms with E-state index < -0.39 is 12.1 Å². The van der Waals surface area contributed by atoms with Crippen molar-refractivity contribution in [1.82, 2.24) is 5.32 Å². The molecule has 0 bridgehead atoms. The molecule has 2 unspecified atom stereocenters. The van der Waals surface area contributed by atoms with E-state index in [9.17, 15) is 19.8 Å². The van der Waals surface area contributed by atoms with E-state index in [-0.39, 0.29) is 18.5 Å². The zero-order valence-electron chi connectivity index (χ0n) is 52.9. The van der Waals surface area contributed by atoms with Crippen LogP contribution in [0.15, 0.2) is 24.3 Å². The highest BCUT2D eigenvalue weighted by Crippen LogP contribution is 2.19. The van der Waals surface area contributed by atoms with Gasteiger partial charge in [0, 0.05) is 12.8 Å². The molecule has 0 heterocycles. The number of unbranched alkanes of at least 4 members (excludes halogenated alkanes) is 52. The van der Waals surface area contributed by atoms with Crippen molar-refractivity contribution in [1.29, 1.82) is 0 Å². The fourth-order valence-corrected chi connectivity index (χ4v) is 11.3. The van der Waals surface area contributed by atoms with E-state index in [0.717, 1.165) is 51.4 Å². The minimum Gasteiger partial charge on any atom is -0.466 e. The lowest BCUT2D eigenvalue weighted by Crippen LogP contribution is -2.45. The van der Waals surface area contributed by atoms with Gasteiger partial charge in [-0.1, -0.05) is 353 Å². The number of hydrogen-bond donors (Lipinski definition) is 3. The molecule has 462 valence electrons. The van der Waals surface area contributed by atoms with E-state index >= 15 is 0 Å². The predicted molar refractivity (Wildman–Crippen MR) is 343 cm³/mol. The van der Waals surface area contributed by atoms with Crippen molar-refractivity contribution in [3.63, 3.8) is 0 Å². The molecular weight excluding hydrogens is 959 g/mol. The van der Waals surface area contributed by atoms with Crippen molar-refractivity contribution >= 4 is 11.9 Å². The van der Waals surface area contributed by atoms with Crippen LogP contribution in [-0.2, 0) is 14.3 Å². The van der Waals surface area contributed by atoms with E-state index in [4.69, 9.17) is 4.74 Å². The Bertz CT molecular complexity index is 1220. The van der Waals surface area contributed by atoms with Gasteiger partial charge >= 0.3 is 5.97 Å². The maximum atomic E-state index is 12.5. The van der Waals surface area contributed by atoms with Crippen molar-refractivity contribution in [2.45, 2.75) is 411 Å². The monoisotopic (exact) mass is 1100 g/mol. The number of hydrogen-bond acceptors (Lipinski definition) is 5. The average molecular weight is 1100 g/mol. The maximum Gasteiger partial charge on any atom is 0.305 e. The van der Waals surface area contributed by atoms with Crippen molar-refractivity contribution in [3.8, 4) is 0 Å². The molecule has 6 nitrogen and oxygen atoms in total. The standard InChI is InChI=1S/C72H139NO5/c1-3-5-7-9-11-13-15-17-18-19-36-39-42-46-50-54-58-62-66-72(77)78-67-63-59-55-51-47-43-40-37-34-32-30-28-26-24-22-20-21-23-25-27-29-31-33-35-38-41-45-49-53-57-61-65-71(76)73-69(68-74)70(75)64-60-56-52-48-44-16-14-12-10-8-6-4-2/h13,15,18-19,69-70,74-75H,3-12,14,16-17,20-68H2,1-2H3,(H,73,76)/b15-13-,19-18-. The Morgan fingerprint density at radius 2 is 0.641 bits per heavy atom. The SMILES string of the molecule is CCCCCC/C=C\C/C=C\CCCCCCCCCC(=O)OCCCCCCCCCCCCCCCCCCCCCCCCCCCCCCCCCC(=O)NC(CO)C(O)CCCCCCCCCCCCCC. The molecule has 0 aliphatic carbocycles. The number of amides is 1. The van der Waals surface area contributed by atoms with Crippen LogP contribution in [0.1, 0.15) is 399 Å². The van der Waals surface area contributed by atoms with Crippen molar-refractivity contribution in [2.24, 2.45) is 0 Å². The molecule has 0 aliphatic rings. The fraction of sp³-hybridized carbons (Fsp3) is 0.917. The molecule has 0 aromatic carbocycles. The highest BCUT2D eigenvalue weighted by Gasteiger charge is 2.20. The molecule has 0 fully saturated rings. The number of esters is 1. The molecule has 0 saturated carbocycles. The van der Waals surface area contributed by atoms with Crippen LogP contribution in [0.25, 0.3) is 0 Å². The second-order valence-electron chi connectivity index (χ2n) is 24.6. The molecule has 0 spiro atoms. The third kappa shape index (κ3) is 63.5. The van der Waals surface area contributed by atoms with E-state index in [0.29, 0.717) is 25.9 Å². The number of allylic oxidation sites excluding steroid dienone is 4. The Labute approximate surface area is 488 Å². The van der Waals surface area contributed by atoms with E-state index in [1.165, 1.54) is 315 Å². The Kier molecular flexibility index (Phi) is 66.4. The van der Waals surface area contributed by atoms with Crippen LogP contribution in [0.5, 0.6) is 0 Å². The third-order valence-corrected chi connectivity index (χ3v) is 16.8. The summed E-state index contributed by atoms with van der Waals surface area (Å²) in [5, 5.41) is 23.3. The zero-order valence-corrected chi connectivity index (χ0v) is 52.9. The van der Waals surface area contributed by atoms with Crippen LogP contribution in [0.4, 0.5) is 0 Å². The molecule has 1 amide bonds. The number of aliphatic hydroxyl groups is 2. The predicted octanol–water partition coefficient (Wildman–Crippen LogP) is 22.9. The van der Waals surface area contributed by atoms with Crippen LogP contribution in [0, 0.1) is 0 Å². The summed E-state index contributed by atoms with van der Waals surface area (Å²) >= 11 is 0. The molecule has 6 heteroatoms. The van der Waals surface area contributed by atoms with E-state index in [1.807, 2.05) is 0 Å². The lowest BCUT2D eigenvalue weighted by Gasteiger charge is -2.22. The van der Waals surface area contributed by atoms with Crippen LogP contribution in [0.2, 0.25) is 0 Å². The van der Waals surface area contributed by atoms with Gasteiger partial charge in [0.1, 0.15) is 0 Å². The van der Waals surface area contributed by atoms with Crippen molar-refractivity contribution in [3.05, 3.63) is 24.3 Å². The third-order valence-electron chi connectivity index (χ3n) is 16.8. The largest absolute Gasteiger partial charge is 0.466 e. The second-order valence-corrected chi connectivity index (χ2v) is 24.6. The van der Waals surface area contributed by atoms with Crippen molar-refractivity contribution in [2.75, 3.05) is 13.2 Å². The normalized spacial score (nSPS) is 12.6. The van der Waals surface area contributed by atoms with Gasteiger partial charge in [0.2, 0.25) is 5.91 Å². The second kappa shape index (κ2) is 67.8. The van der Waals surface area contributed by atoms with Gasteiger partial charge in [0.05, 0.1) is 25.4 Å². The van der Waals surface area contributed by atoms with Crippen molar-refractivity contribution < 1.29 is 24.5 Å². The number of aliphatic hydroxyl groups excluding tert-OH is 2. The molecule has 3 N–H and O–H groups in total. The van der Waals surface area contributed by atoms with E-state index in [1.54, 1.807) is 0 Å². The van der Waals surface area contributed by atoms with Gasteiger partial charge in [-0.05, 0) is 57.8 Å². The highest BCUT2D eigenvalue weighted by molar-refractivity contribution is 5.76. The minimum absolute atomic E-state index is 0.0139. The molecule has 2 atom stereocenters. The molecular formula is C72H139NO5. The van der Waals surface area contributed by atoms with Gasteiger partial charge in [-0.3, -0.25) is 9.59 Å². The first-order valence-corrected chi connectivity index (χ1v) is 35.6. The first-order valence-electron chi connectivity index (χ1n) is 35.6. The number of ether oxygens (including phenoxy) is 1. The van der Waals surface area contributed by atoms with Gasteiger partial charge in [0.15, 0.2) is 0 Å². The maximum absolute atomic E-state index is 12.5. The summed E-state index contributed by atoms with van der Waals surface area (Å²) < 4.78 is 5.51. The number of carbonyl (C=O) groups excluding carboxylic acids is 2. The fourth-order valence-electron chi connectivity index (χ4n) is 11.3. The summed E-state index contributed by atoms with van der Waals surface area (Å²) in [6.45, 7) is 4.96. The average Bonchev–Trinajstić information content (AvgIpc) is 3.44. The molecule has 0 aromatic rings. The lowest BCUT2D eigenvalue weighted by molar-refractivity contribution is -0.143. The summed E-state index contributed by atoms with van der Waals surface area (Å²) in [5.41, 5.74) is 0. The topological polar surface area (TPSA) is 95.9 Å². The van der Waals surface area contributed by atoms with Gasteiger partial charge in [-0.25, -0.2) is 0 Å². The molecule has 0 radical (unpaired) electrons. The smallest absolute Gasteiger partial charge is 0.305 e. The summed E-state index contributed by atoms with van der Waals surface area (Å²) in [6.07, 6.45) is 85.2. The summed E-state index contributed by atoms with van der Waals surface area (Å²) in [6, 6.07) is -0.537. The summed E-state index contributed by atoms with van der Waals surface area (Å²) in [7, 11) is 0. The number of carbonyl (C=O) groups is 2. The number of nitrogens with one attached hydrogen (secondary N) is 1. The Balaban J connectivity index is 3.30. The van der Waals surface area contributed by atoms with Gasteiger partial charge < -0.3 is 20.3 Å². The van der Waals surface area contributed by atoms with Gasteiger partial charge in [-0.15, -0.1) is 0 Å². The quantitative estimate of drug-likeness (QED) is 0.0320. The highest BCUT2D eigenvalue weighted by atomic mass is 16.5. The molecule has 0 rings (SSSR count). The zero-order chi connectivity index (χ0) is 56.4. The lowest BCUT2D eigenvalue weighted by atomic mass is 10.0. The molecule has 0 saturated heterocycles. The minimum atomic E-state index is -0.660. The molecule has 0 aromatic heterocycles. The first kappa shape index (κ1) is 76.3. The van der Waals surface area contributed by atoms with Gasteiger partial charge in [0.25, 0.3) is 0 Å². The Morgan fingerprint density at radius 3 is 0.987 bits per heavy atom. The van der Waals surface area contributed by atoms with Gasteiger partial charge in [-0.2, -0.15) is 0 Å². The Hall–Kier alpha value is -1.66. The van der Waals surface area contributed by atoms with Crippen LogP contribution < -0.4 is 5.32 Å². The summed E-state index contributed by atoms with van der Waals surface area (Å²) in [5.74, 6) is -0.0153. The first-order chi connectivity index (χ1) is 38.5. The molecule has 0 aliphatic heterocycles. The molecule has 78 heavy (non-hydrogen) atoms. The Morgan fingerprint density at radius 1 is 0.359 bits per heavy atom. The van der Waals surface area contributed by atoms with Crippen LogP contribution in [0.3, 0.4) is 0 Å². The van der Waals surface area contributed by atoms with Crippen LogP contribution >= 0.6 is 0 Å². The number of rotatable bonds is 67.